The number of hydrogen-bond acceptors (Lipinski definition) is 5. The van der Waals surface area contributed by atoms with Crippen molar-refractivity contribution in [2.24, 2.45) is 0 Å². The highest BCUT2D eigenvalue weighted by Gasteiger charge is 2.19. The van der Waals surface area contributed by atoms with Gasteiger partial charge in [0.05, 0.1) is 17.7 Å². The first-order valence-corrected chi connectivity index (χ1v) is 7.04. The van der Waals surface area contributed by atoms with Crippen molar-refractivity contribution >= 4 is 35.0 Å². The van der Waals surface area contributed by atoms with Gasteiger partial charge in [-0.1, -0.05) is 23.2 Å². The molecule has 1 aromatic carbocycles. The molecule has 0 aliphatic carbocycles. The lowest BCUT2D eigenvalue weighted by Crippen LogP contribution is -2.16. The van der Waals surface area contributed by atoms with Gasteiger partial charge in [-0.3, -0.25) is 4.79 Å². The molecule has 0 aliphatic rings. The molecule has 0 N–H and O–H groups in total. The van der Waals surface area contributed by atoms with Gasteiger partial charge < -0.3 is 9.47 Å². The van der Waals surface area contributed by atoms with Crippen molar-refractivity contribution < 1.29 is 23.5 Å². The van der Waals surface area contributed by atoms with Crippen LogP contribution in [0.4, 0.5) is 4.39 Å². The quantitative estimate of drug-likeness (QED) is 0.464. The summed E-state index contributed by atoms with van der Waals surface area (Å²) in [7, 11) is 1.34. The van der Waals surface area contributed by atoms with Crippen LogP contribution in [0, 0.1) is 5.82 Å². The van der Waals surface area contributed by atoms with E-state index in [9.17, 15) is 14.0 Å². The van der Waals surface area contributed by atoms with Crippen molar-refractivity contribution in [3.63, 3.8) is 0 Å². The fraction of sp³-hybridized carbons (Fsp3) is 0.133. The summed E-state index contributed by atoms with van der Waals surface area (Å²) in [6.07, 6.45) is 0. The van der Waals surface area contributed by atoms with Crippen LogP contribution in [0.3, 0.4) is 0 Å². The average Bonchev–Trinajstić information content (AvgIpc) is 2.54. The fourth-order valence-corrected chi connectivity index (χ4v) is 2.07. The summed E-state index contributed by atoms with van der Waals surface area (Å²) in [5.41, 5.74) is -0.247. The van der Waals surface area contributed by atoms with Gasteiger partial charge in [0.15, 0.2) is 12.3 Å². The van der Waals surface area contributed by atoms with E-state index in [0.29, 0.717) is 0 Å². The number of hydrogen-bond donors (Lipinski definition) is 0. The molecule has 0 unspecified atom stereocenters. The Morgan fingerprint density at radius 3 is 2.65 bits per heavy atom. The Morgan fingerprint density at radius 1 is 1.22 bits per heavy atom. The number of ether oxygens (including phenoxy) is 2. The molecule has 1 heterocycles. The van der Waals surface area contributed by atoms with Crippen molar-refractivity contribution in [1.82, 2.24) is 4.98 Å². The van der Waals surface area contributed by atoms with E-state index in [1.54, 1.807) is 0 Å². The highest BCUT2D eigenvalue weighted by Crippen LogP contribution is 2.21. The van der Waals surface area contributed by atoms with Crippen molar-refractivity contribution in [2.75, 3.05) is 13.7 Å². The lowest BCUT2D eigenvalue weighted by molar-refractivity contribution is 0.0468. The highest BCUT2D eigenvalue weighted by molar-refractivity contribution is 6.34. The maximum atomic E-state index is 13.2. The standard InChI is InChI=1S/C15H10Cl2FNO4/c1-22-12-4-2-8(18)6-9(12)11(20)7-23-15(21)14-10(16)3-5-13(17)19-14/h2-6H,7H2,1H3. The Balaban J connectivity index is 2.11. The van der Waals surface area contributed by atoms with Gasteiger partial charge in [-0.15, -0.1) is 0 Å². The lowest BCUT2D eigenvalue weighted by Gasteiger charge is -2.09. The summed E-state index contributed by atoms with van der Waals surface area (Å²) < 4.78 is 23.1. The Bertz CT molecular complexity index is 767. The molecule has 0 saturated heterocycles. The van der Waals surface area contributed by atoms with Crippen molar-refractivity contribution in [3.8, 4) is 5.75 Å². The average molecular weight is 358 g/mol. The van der Waals surface area contributed by atoms with Crippen molar-refractivity contribution in [1.29, 1.82) is 0 Å². The molecule has 8 heteroatoms. The first-order valence-electron chi connectivity index (χ1n) is 6.28. The van der Waals surface area contributed by atoms with Crippen LogP contribution >= 0.6 is 23.2 Å². The third-order valence-corrected chi connectivity index (χ3v) is 3.32. The molecule has 0 aliphatic heterocycles. The molecular weight excluding hydrogens is 348 g/mol. The van der Waals surface area contributed by atoms with E-state index in [-0.39, 0.29) is 27.2 Å². The molecule has 0 bridgehead atoms. The topological polar surface area (TPSA) is 65.5 Å². The third kappa shape index (κ3) is 4.18. The maximum absolute atomic E-state index is 13.2. The highest BCUT2D eigenvalue weighted by atomic mass is 35.5. The number of Topliss-reactive ketones (excluding diaryl/α,β-unsaturated/α-hetero) is 1. The van der Waals surface area contributed by atoms with E-state index in [1.165, 1.54) is 25.3 Å². The van der Waals surface area contributed by atoms with Gasteiger partial charge in [-0.2, -0.15) is 0 Å². The second-order valence-corrected chi connectivity index (χ2v) is 5.10. The Hall–Kier alpha value is -2.18. The fourth-order valence-electron chi connectivity index (χ4n) is 1.74. The predicted octanol–water partition coefficient (Wildman–Crippen LogP) is 3.58. The van der Waals surface area contributed by atoms with E-state index in [4.69, 9.17) is 32.7 Å². The predicted molar refractivity (Wildman–Crippen MR) is 81.8 cm³/mol. The first kappa shape index (κ1) is 17.2. The number of carbonyl (C=O) groups is 2. The summed E-state index contributed by atoms with van der Waals surface area (Å²) >= 11 is 11.5. The molecule has 2 rings (SSSR count). The number of methoxy groups -OCH3 is 1. The van der Waals surface area contributed by atoms with Crippen LogP contribution in [-0.2, 0) is 4.74 Å². The zero-order valence-corrected chi connectivity index (χ0v) is 13.3. The molecule has 2 aromatic rings. The number of halogens is 3. The van der Waals surface area contributed by atoms with E-state index in [2.05, 4.69) is 4.98 Å². The first-order chi connectivity index (χ1) is 10.9. The molecule has 120 valence electrons. The van der Waals surface area contributed by atoms with E-state index >= 15 is 0 Å². The number of carbonyl (C=O) groups excluding carboxylic acids is 2. The number of rotatable bonds is 5. The Labute approximate surface area is 140 Å². The Kier molecular flexibility index (Phi) is 5.52. The molecular formula is C15H10Cl2FNO4. The summed E-state index contributed by atoms with van der Waals surface area (Å²) in [6, 6.07) is 6.24. The normalized spacial score (nSPS) is 10.3. The summed E-state index contributed by atoms with van der Waals surface area (Å²) in [5, 5.41) is 0.0923. The zero-order valence-electron chi connectivity index (χ0n) is 11.8. The second-order valence-electron chi connectivity index (χ2n) is 4.31. The van der Waals surface area contributed by atoms with Gasteiger partial charge in [0, 0.05) is 0 Å². The van der Waals surface area contributed by atoms with Crippen LogP contribution in [0.15, 0.2) is 30.3 Å². The van der Waals surface area contributed by atoms with Crippen LogP contribution in [0.25, 0.3) is 0 Å². The summed E-state index contributed by atoms with van der Waals surface area (Å²) in [6.45, 7) is -0.622. The number of ketones is 1. The number of esters is 1. The monoisotopic (exact) mass is 357 g/mol. The van der Waals surface area contributed by atoms with Crippen LogP contribution in [0.2, 0.25) is 10.2 Å². The van der Waals surface area contributed by atoms with Gasteiger partial charge >= 0.3 is 5.97 Å². The molecule has 0 fully saturated rings. The third-order valence-electron chi connectivity index (χ3n) is 2.80. The molecule has 23 heavy (non-hydrogen) atoms. The molecule has 1 aromatic heterocycles. The maximum Gasteiger partial charge on any atom is 0.359 e. The SMILES string of the molecule is COc1ccc(F)cc1C(=O)COC(=O)c1nc(Cl)ccc1Cl. The van der Waals surface area contributed by atoms with Crippen LogP contribution < -0.4 is 4.74 Å². The minimum absolute atomic E-state index is 0.0366. The summed E-state index contributed by atoms with van der Waals surface area (Å²) in [5.74, 6) is -1.99. The molecule has 0 spiro atoms. The molecule has 0 saturated carbocycles. The van der Waals surface area contributed by atoms with E-state index in [0.717, 1.165) is 12.1 Å². The van der Waals surface area contributed by atoms with Gasteiger partial charge in [-0.25, -0.2) is 14.2 Å². The number of benzene rings is 1. The summed E-state index contributed by atoms with van der Waals surface area (Å²) in [4.78, 5) is 27.7. The van der Waals surface area contributed by atoms with Crippen LogP contribution in [0.5, 0.6) is 5.75 Å². The lowest BCUT2D eigenvalue weighted by atomic mass is 10.1. The largest absolute Gasteiger partial charge is 0.496 e. The number of aromatic nitrogens is 1. The molecule has 0 atom stereocenters. The van der Waals surface area contributed by atoms with Gasteiger partial charge in [0.2, 0.25) is 5.78 Å². The smallest absolute Gasteiger partial charge is 0.359 e. The molecule has 0 radical (unpaired) electrons. The van der Waals surface area contributed by atoms with E-state index < -0.39 is 24.2 Å². The van der Waals surface area contributed by atoms with Crippen LogP contribution in [0.1, 0.15) is 20.8 Å². The van der Waals surface area contributed by atoms with Crippen molar-refractivity contribution in [3.05, 3.63) is 57.6 Å². The molecule has 5 nitrogen and oxygen atoms in total. The van der Waals surface area contributed by atoms with Crippen molar-refractivity contribution in [2.45, 2.75) is 0 Å². The van der Waals surface area contributed by atoms with Gasteiger partial charge in [-0.05, 0) is 30.3 Å². The minimum Gasteiger partial charge on any atom is -0.496 e. The number of nitrogens with zero attached hydrogens (tertiary/aromatic N) is 1. The zero-order chi connectivity index (χ0) is 17.0. The van der Waals surface area contributed by atoms with Crippen LogP contribution in [-0.4, -0.2) is 30.5 Å². The Morgan fingerprint density at radius 2 is 1.96 bits per heavy atom. The minimum atomic E-state index is -0.916. The van der Waals surface area contributed by atoms with Gasteiger partial charge in [0.1, 0.15) is 16.7 Å². The number of pyridine rings is 1. The van der Waals surface area contributed by atoms with E-state index in [1.807, 2.05) is 0 Å². The molecule has 0 amide bonds. The van der Waals surface area contributed by atoms with Gasteiger partial charge in [0.25, 0.3) is 0 Å². The second kappa shape index (κ2) is 7.39.